The molecule has 0 heterocycles. The van der Waals surface area contributed by atoms with Crippen molar-refractivity contribution < 1.29 is 14.6 Å². The van der Waals surface area contributed by atoms with Crippen molar-refractivity contribution in [1.29, 1.82) is 0 Å². The fourth-order valence-electron chi connectivity index (χ4n) is 1.43. The molecule has 96 valence electrons. The minimum absolute atomic E-state index is 0.144. The predicted octanol–water partition coefficient (Wildman–Crippen LogP) is 3.05. The van der Waals surface area contributed by atoms with Crippen LogP contribution in [0.1, 0.15) is 65.2 Å². The molecule has 0 aliphatic heterocycles. The molecule has 0 radical (unpaired) electrons. The number of hydrogen-bond acceptors (Lipinski definition) is 3. The van der Waals surface area contributed by atoms with Crippen LogP contribution in [0.2, 0.25) is 0 Å². The van der Waals surface area contributed by atoms with Gasteiger partial charge in [-0.15, -0.1) is 0 Å². The standard InChI is InChI=1S/C13H26O3/c1-3-5-6-7-8-9-10-13(15)16-11-12(14)4-2/h12,14H,3-11H2,1-2H3. The Labute approximate surface area is 99.2 Å². The topological polar surface area (TPSA) is 46.5 Å². The minimum atomic E-state index is -0.506. The largest absolute Gasteiger partial charge is 0.463 e. The predicted molar refractivity (Wildman–Crippen MR) is 65.2 cm³/mol. The first-order chi connectivity index (χ1) is 7.70. The lowest BCUT2D eigenvalue weighted by molar-refractivity contribution is -0.146. The minimum Gasteiger partial charge on any atom is -0.463 e. The van der Waals surface area contributed by atoms with Crippen LogP contribution in [0.4, 0.5) is 0 Å². The second-order valence-electron chi connectivity index (χ2n) is 4.26. The molecule has 0 bridgehead atoms. The van der Waals surface area contributed by atoms with Crippen LogP contribution in [0, 0.1) is 0 Å². The van der Waals surface area contributed by atoms with Crippen molar-refractivity contribution in [3.8, 4) is 0 Å². The van der Waals surface area contributed by atoms with Crippen LogP contribution in [-0.4, -0.2) is 23.8 Å². The summed E-state index contributed by atoms with van der Waals surface area (Å²) in [5.41, 5.74) is 0. The fraction of sp³-hybridized carbons (Fsp3) is 0.923. The molecule has 0 amide bonds. The van der Waals surface area contributed by atoms with Gasteiger partial charge in [0.2, 0.25) is 0 Å². The molecule has 0 aliphatic rings. The Kier molecular flexibility index (Phi) is 10.5. The third kappa shape index (κ3) is 9.97. The molecule has 0 aromatic carbocycles. The van der Waals surface area contributed by atoms with E-state index in [9.17, 15) is 9.90 Å². The van der Waals surface area contributed by atoms with Gasteiger partial charge in [-0.3, -0.25) is 4.79 Å². The Morgan fingerprint density at radius 2 is 1.75 bits per heavy atom. The molecule has 1 atom stereocenters. The second-order valence-corrected chi connectivity index (χ2v) is 4.26. The van der Waals surface area contributed by atoms with Gasteiger partial charge in [-0.25, -0.2) is 0 Å². The number of aliphatic hydroxyl groups is 1. The summed E-state index contributed by atoms with van der Waals surface area (Å²) < 4.78 is 4.93. The Morgan fingerprint density at radius 3 is 2.38 bits per heavy atom. The Morgan fingerprint density at radius 1 is 1.12 bits per heavy atom. The number of esters is 1. The summed E-state index contributed by atoms with van der Waals surface area (Å²) in [6.45, 7) is 4.20. The van der Waals surface area contributed by atoms with E-state index in [0.717, 1.165) is 12.8 Å². The molecule has 1 unspecified atom stereocenters. The molecule has 0 spiro atoms. The highest BCUT2D eigenvalue weighted by Gasteiger charge is 2.06. The highest BCUT2D eigenvalue weighted by Crippen LogP contribution is 2.07. The number of ether oxygens (including phenoxy) is 1. The van der Waals surface area contributed by atoms with Crippen LogP contribution in [0.5, 0.6) is 0 Å². The molecule has 0 fully saturated rings. The number of hydrogen-bond donors (Lipinski definition) is 1. The zero-order valence-corrected chi connectivity index (χ0v) is 10.7. The molecule has 0 saturated heterocycles. The van der Waals surface area contributed by atoms with Crippen molar-refractivity contribution in [2.45, 2.75) is 71.3 Å². The van der Waals surface area contributed by atoms with Gasteiger partial charge in [0, 0.05) is 6.42 Å². The monoisotopic (exact) mass is 230 g/mol. The van der Waals surface area contributed by atoms with Crippen molar-refractivity contribution in [2.24, 2.45) is 0 Å². The molecule has 0 saturated carbocycles. The molecule has 0 aliphatic carbocycles. The van der Waals surface area contributed by atoms with Crippen molar-refractivity contribution in [3.63, 3.8) is 0 Å². The molecule has 1 N–H and O–H groups in total. The van der Waals surface area contributed by atoms with Crippen molar-refractivity contribution in [1.82, 2.24) is 0 Å². The van der Waals surface area contributed by atoms with Gasteiger partial charge in [-0.05, 0) is 12.8 Å². The van der Waals surface area contributed by atoms with Gasteiger partial charge in [0.05, 0.1) is 6.10 Å². The number of unbranched alkanes of at least 4 members (excludes halogenated alkanes) is 5. The van der Waals surface area contributed by atoms with Crippen LogP contribution in [0.15, 0.2) is 0 Å². The summed E-state index contributed by atoms with van der Waals surface area (Å²) in [4.78, 5) is 11.2. The number of carbonyl (C=O) groups excluding carboxylic acids is 1. The highest BCUT2D eigenvalue weighted by molar-refractivity contribution is 5.69. The molecule has 0 aromatic heterocycles. The Bertz CT molecular complexity index is 169. The van der Waals surface area contributed by atoms with Crippen LogP contribution in [0.3, 0.4) is 0 Å². The maximum absolute atomic E-state index is 11.2. The first kappa shape index (κ1) is 15.4. The van der Waals surface area contributed by atoms with E-state index in [0.29, 0.717) is 12.8 Å². The fourth-order valence-corrected chi connectivity index (χ4v) is 1.43. The summed E-state index contributed by atoms with van der Waals surface area (Å²) >= 11 is 0. The van der Waals surface area contributed by atoms with Crippen LogP contribution >= 0.6 is 0 Å². The second kappa shape index (κ2) is 10.9. The molecule has 3 nitrogen and oxygen atoms in total. The van der Waals surface area contributed by atoms with Gasteiger partial charge in [-0.1, -0.05) is 46.0 Å². The molecular weight excluding hydrogens is 204 g/mol. The van der Waals surface area contributed by atoms with E-state index in [-0.39, 0.29) is 12.6 Å². The van der Waals surface area contributed by atoms with Gasteiger partial charge in [-0.2, -0.15) is 0 Å². The maximum atomic E-state index is 11.2. The first-order valence-corrected chi connectivity index (χ1v) is 6.54. The highest BCUT2D eigenvalue weighted by atomic mass is 16.5. The van der Waals surface area contributed by atoms with E-state index >= 15 is 0 Å². The van der Waals surface area contributed by atoms with E-state index in [1.165, 1.54) is 25.7 Å². The lowest BCUT2D eigenvalue weighted by atomic mass is 10.1. The smallest absolute Gasteiger partial charge is 0.305 e. The molecule has 0 aromatic rings. The van der Waals surface area contributed by atoms with E-state index < -0.39 is 6.10 Å². The molecule has 3 heteroatoms. The summed E-state index contributed by atoms with van der Waals surface area (Å²) in [7, 11) is 0. The number of rotatable bonds is 10. The van der Waals surface area contributed by atoms with Crippen LogP contribution in [0.25, 0.3) is 0 Å². The normalized spacial score (nSPS) is 12.4. The van der Waals surface area contributed by atoms with Crippen molar-refractivity contribution in [2.75, 3.05) is 6.61 Å². The average molecular weight is 230 g/mol. The summed E-state index contributed by atoms with van der Waals surface area (Å²) in [6.07, 6.45) is 7.62. The van der Waals surface area contributed by atoms with Crippen molar-refractivity contribution in [3.05, 3.63) is 0 Å². The Balaban J connectivity index is 3.24. The summed E-state index contributed by atoms with van der Waals surface area (Å²) in [5.74, 6) is -0.178. The van der Waals surface area contributed by atoms with Gasteiger partial charge in [0.1, 0.15) is 6.61 Å². The van der Waals surface area contributed by atoms with E-state index in [4.69, 9.17) is 4.74 Å². The molecule has 0 rings (SSSR count). The number of aliphatic hydroxyl groups excluding tert-OH is 1. The van der Waals surface area contributed by atoms with Gasteiger partial charge < -0.3 is 9.84 Å². The third-order valence-corrected chi connectivity index (χ3v) is 2.64. The van der Waals surface area contributed by atoms with Crippen LogP contribution < -0.4 is 0 Å². The average Bonchev–Trinajstić information content (AvgIpc) is 2.30. The summed E-state index contributed by atoms with van der Waals surface area (Å²) in [6, 6.07) is 0. The lowest BCUT2D eigenvalue weighted by Crippen LogP contribution is -2.17. The summed E-state index contributed by atoms with van der Waals surface area (Å²) in [5, 5.41) is 9.20. The SMILES string of the molecule is CCCCCCCCC(=O)OCC(O)CC. The van der Waals surface area contributed by atoms with Crippen molar-refractivity contribution >= 4 is 5.97 Å². The van der Waals surface area contributed by atoms with Crippen LogP contribution in [-0.2, 0) is 9.53 Å². The van der Waals surface area contributed by atoms with Gasteiger partial charge >= 0.3 is 5.97 Å². The quantitative estimate of drug-likeness (QED) is 0.463. The molecule has 16 heavy (non-hydrogen) atoms. The van der Waals surface area contributed by atoms with Gasteiger partial charge in [0.25, 0.3) is 0 Å². The van der Waals surface area contributed by atoms with Gasteiger partial charge in [0.15, 0.2) is 0 Å². The zero-order valence-electron chi connectivity index (χ0n) is 10.7. The Hall–Kier alpha value is -0.570. The zero-order chi connectivity index (χ0) is 12.2. The molecular formula is C13H26O3. The maximum Gasteiger partial charge on any atom is 0.305 e. The number of carbonyl (C=O) groups is 1. The van der Waals surface area contributed by atoms with E-state index in [1.54, 1.807) is 0 Å². The van der Waals surface area contributed by atoms with E-state index in [1.807, 2.05) is 6.92 Å². The first-order valence-electron chi connectivity index (χ1n) is 6.54. The van der Waals surface area contributed by atoms with E-state index in [2.05, 4.69) is 6.92 Å². The third-order valence-electron chi connectivity index (χ3n) is 2.64. The lowest BCUT2D eigenvalue weighted by Gasteiger charge is -2.08.